The summed E-state index contributed by atoms with van der Waals surface area (Å²) in [6, 6.07) is 26.6. The zero-order chi connectivity index (χ0) is 30.3. The number of fused-ring (bicyclic) bond motifs is 5. The summed E-state index contributed by atoms with van der Waals surface area (Å²) in [6.07, 6.45) is 0. The van der Waals surface area contributed by atoms with Gasteiger partial charge in [-0.1, -0.05) is 60.7 Å². The largest absolute Gasteiger partial charge is 0.508 e. The maximum Gasteiger partial charge on any atom is 0.253 e. The molecule has 4 amide bonds. The second-order valence-electron chi connectivity index (χ2n) is 11.5. The first-order valence-corrected chi connectivity index (χ1v) is 14.4. The van der Waals surface area contributed by atoms with Gasteiger partial charge in [0.05, 0.1) is 35.3 Å². The summed E-state index contributed by atoms with van der Waals surface area (Å²) in [6.45, 7) is 0. The molecule has 10 nitrogen and oxygen atoms in total. The first-order chi connectivity index (χ1) is 21.4. The lowest BCUT2D eigenvalue weighted by Crippen LogP contribution is -2.50. The van der Waals surface area contributed by atoms with Gasteiger partial charge in [0, 0.05) is 0 Å². The maximum absolute atomic E-state index is 14.3. The molecule has 0 bridgehead atoms. The molecule has 4 aliphatic heterocycles. The van der Waals surface area contributed by atoms with Crippen molar-refractivity contribution in [2.75, 3.05) is 9.80 Å². The Morgan fingerprint density at radius 2 is 0.750 bits per heavy atom. The summed E-state index contributed by atoms with van der Waals surface area (Å²) in [5, 5.41) is 23.7. The van der Waals surface area contributed by atoms with Gasteiger partial charge in [0.15, 0.2) is 0 Å². The number of aromatic hydroxyl groups is 2. The van der Waals surface area contributed by atoms with Gasteiger partial charge in [0.1, 0.15) is 23.6 Å². The average molecular weight is 587 g/mol. The van der Waals surface area contributed by atoms with Gasteiger partial charge in [0.2, 0.25) is 11.8 Å². The van der Waals surface area contributed by atoms with Crippen LogP contribution in [-0.2, 0) is 19.2 Å². The van der Waals surface area contributed by atoms with E-state index in [-0.39, 0.29) is 11.5 Å². The van der Waals surface area contributed by atoms with Crippen molar-refractivity contribution in [1.82, 2.24) is 10.0 Å². The van der Waals surface area contributed by atoms with Crippen LogP contribution in [0, 0.1) is 11.8 Å². The van der Waals surface area contributed by atoms with E-state index in [9.17, 15) is 29.4 Å². The Hall–Kier alpha value is -5.32. The molecule has 0 radical (unpaired) electrons. The number of nitrogens with zero attached hydrogens (tertiary/aromatic N) is 4. The van der Waals surface area contributed by atoms with E-state index in [1.54, 1.807) is 94.9 Å². The van der Waals surface area contributed by atoms with Crippen LogP contribution in [0.3, 0.4) is 0 Å². The van der Waals surface area contributed by atoms with E-state index in [1.807, 2.05) is 0 Å². The molecular weight excluding hydrogens is 560 g/mol. The van der Waals surface area contributed by atoms with E-state index in [2.05, 4.69) is 0 Å². The third-order valence-electron chi connectivity index (χ3n) is 9.22. The highest BCUT2D eigenvalue weighted by atomic mass is 16.3. The summed E-state index contributed by atoms with van der Waals surface area (Å²) in [4.78, 5) is 59.7. The van der Waals surface area contributed by atoms with Gasteiger partial charge in [-0.15, -0.1) is 0 Å². The number of carbonyl (C=O) groups excluding carboxylic acids is 4. The predicted molar refractivity (Wildman–Crippen MR) is 158 cm³/mol. The van der Waals surface area contributed by atoms with Crippen molar-refractivity contribution in [3.63, 3.8) is 0 Å². The van der Waals surface area contributed by atoms with Crippen LogP contribution in [0.15, 0.2) is 109 Å². The zero-order valence-electron chi connectivity index (χ0n) is 23.2. The number of rotatable bonds is 4. The number of benzene rings is 4. The molecule has 0 saturated carbocycles. The Morgan fingerprint density at radius 1 is 0.409 bits per heavy atom. The third kappa shape index (κ3) is 3.55. The molecule has 4 aliphatic rings. The fraction of sp³-hybridized carbons (Fsp3) is 0.176. The summed E-state index contributed by atoms with van der Waals surface area (Å²) < 4.78 is 0. The van der Waals surface area contributed by atoms with Gasteiger partial charge in [-0.3, -0.25) is 19.2 Å². The lowest BCUT2D eigenvalue weighted by molar-refractivity contribution is -0.136. The molecule has 4 heterocycles. The van der Waals surface area contributed by atoms with Crippen molar-refractivity contribution in [3.05, 3.63) is 120 Å². The summed E-state index contributed by atoms with van der Waals surface area (Å²) in [5.41, 5.74) is 2.13. The average Bonchev–Trinajstić information content (AvgIpc) is 3.70. The van der Waals surface area contributed by atoms with Gasteiger partial charge in [-0.25, -0.2) is 19.8 Å². The molecule has 218 valence electrons. The van der Waals surface area contributed by atoms with Crippen molar-refractivity contribution >= 4 is 35.0 Å². The number of hydrazine groups is 1. The third-order valence-corrected chi connectivity index (χ3v) is 9.22. The van der Waals surface area contributed by atoms with Gasteiger partial charge < -0.3 is 10.2 Å². The molecule has 4 fully saturated rings. The number of amides is 4. The Kier molecular flexibility index (Phi) is 5.74. The Morgan fingerprint density at radius 3 is 1.09 bits per heavy atom. The molecule has 4 saturated heterocycles. The molecule has 44 heavy (non-hydrogen) atoms. The molecule has 0 aliphatic carbocycles. The molecule has 8 rings (SSSR count). The molecule has 4 aromatic carbocycles. The zero-order valence-corrected chi connectivity index (χ0v) is 23.2. The molecular formula is C34H26N4O6. The predicted octanol–water partition coefficient (Wildman–Crippen LogP) is 3.54. The summed E-state index contributed by atoms with van der Waals surface area (Å²) in [5.74, 6) is -3.44. The highest BCUT2D eigenvalue weighted by Crippen LogP contribution is 2.59. The van der Waals surface area contributed by atoms with Crippen LogP contribution in [0.25, 0.3) is 0 Å². The molecule has 10 heteroatoms. The van der Waals surface area contributed by atoms with Crippen LogP contribution in [-0.4, -0.2) is 55.9 Å². The van der Waals surface area contributed by atoms with Crippen molar-refractivity contribution in [2.24, 2.45) is 11.8 Å². The first-order valence-electron chi connectivity index (χ1n) is 14.4. The summed E-state index contributed by atoms with van der Waals surface area (Å²) in [7, 11) is 0. The van der Waals surface area contributed by atoms with Gasteiger partial charge in [-0.05, 0) is 59.7 Å². The molecule has 2 N–H and O–H groups in total. The quantitative estimate of drug-likeness (QED) is 0.349. The van der Waals surface area contributed by atoms with Crippen molar-refractivity contribution in [2.45, 2.75) is 24.2 Å². The monoisotopic (exact) mass is 586 g/mol. The van der Waals surface area contributed by atoms with E-state index in [1.165, 1.54) is 34.1 Å². The number of para-hydroxylation sites is 2. The molecule has 0 aromatic heterocycles. The highest BCUT2D eigenvalue weighted by molar-refractivity contribution is 6.26. The van der Waals surface area contributed by atoms with Crippen molar-refractivity contribution in [1.29, 1.82) is 0 Å². The number of phenols is 2. The normalized spacial score (nSPS) is 28.1. The Bertz CT molecular complexity index is 1680. The van der Waals surface area contributed by atoms with Crippen molar-refractivity contribution < 1.29 is 29.4 Å². The lowest BCUT2D eigenvalue weighted by Gasteiger charge is -2.35. The number of anilines is 2. The lowest BCUT2D eigenvalue weighted by atomic mass is 9.84. The van der Waals surface area contributed by atoms with Crippen LogP contribution in [0.5, 0.6) is 11.5 Å². The second kappa shape index (κ2) is 9.60. The van der Waals surface area contributed by atoms with Gasteiger partial charge in [0.25, 0.3) is 11.8 Å². The van der Waals surface area contributed by atoms with Crippen LogP contribution in [0.4, 0.5) is 11.4 Å². The smallest absolute Gasteiger partial charge is 0.253 e. The molecule has 0 unspecified atom stereocenters. The van der Waals surface area contributed by atoms with E-state index in [0.29, 0.717) is 22.5 Å². The highest BCUT2D eigenvalue weighted by Gasteiger charge is 2.73. The van der Waals surface area contributed by atoms with Crippen LogP contribution in [0.2, 0.25) is 0 Å². The van der Waals surface area contributed by atoms with E-state index >= 15 is 0 Å². The number of imide groups is 2. The molecule has 0 spiro atoms. The Labute approximate surface area is 251 Å². The first kappa shape index (κ1) is 26.3. The summed E-state index contributed by atoms with van der Waals surface area (Å²) >= 11 is 0. The fourth-order valence-electron chi connectivity index (χ4n) is 7.50. The number of hydrogen-bond donors (Lipinski definition) is 2. The SMILES string of the molecule is O=C1[C@H]2[C@@H](c3ccc(O)cc3)N3[C@H]4C(=O)N(c5ccccc5)C(=O)[C@H]4[C@@H](c4ccc(O)cc4)N3[C@H]2C(=O)N1c1ccccc1. The fourth-order valence-corrected chi connectivity index (χ4v) is 7.50. The number of hydrogen-bond acceptors (Lipinski definition) is 8. The minimum Gasteiger partial charge on any atom is -0.508 e. The van der Waals surface area contributed by atoms with Crippen LogP contribution >= 0.6 is 0 Å². The Balaban J connectivity index is 1.34. The molecule has 4 aromatic rings. The van der Waals surface area contributed by atoms with Crippen molar-refractivity contribution in [3.8, 4) is 11.5 Å². The second-order valence-corrected chi connectivity index (χ2v) is 11.5. The van der Waals surface area contributed by atoms with Crippen LogP contribution in [0.1, 0.15) is 23.2 Å². The topological polar surface area (TPSA) is 122 Å². The van der Waals surface area contributed by atoms with E-state index in [0.717, 1.165) is 0 Å². The molecule has 6 atom stereocenters. The number of carbonyl (C=O) groups is 4. The van der Waals surface area contributed by atoms with Crippen LogP contribution < -0.4 is 9.80 Å². The van der Waals surface area contributed by atoms with Gasteiger partial charge >= 0.3 is 0 Å². The number of phenolic OH excluding ortho intramolecular Hbond substituents is 2. The minimum absolute atomic E-state index is 0.0310. The minimum atomic E-state index is -1.00. The van der Waals surface area contributed by atoms with Gasteiger partial charge in [-0.2, -0.15) is 0 Å². The van der Waals surface area contributed by atoms with E-state index < -0.39 is 59.6 Å². The standard InChI is InChI=1S/C34H26N4O6/c39-23-15-11-19(12-16-23)27-25-29(33(43)35(31(25)41)21-7-3-1-4-8-21)37-28(20-13-17-24(40)18-14-20)26-30(38(27)37)34(44)36(32(26)42)22-9-5-2-6-10-22/h1-18,25-30,39-40H/t25-,26-,27+,28+,29+,30+/m0/s1. The maximum atomic E-state index is 14.3. The van der Waals surface area contributed by atoms with E-state index in [4.69, 9.17) is 0 Å².